The second kappa shape index (κ2) is 9.34. The molecule has 2 heterocycles. The van der Waals surface area contributed by atoms with E-state index in [1.54, 1.807) is 0 Å². The van der Waals surface area contributed by atoms with Gasteiger partial charge in [-0.3, -0.25) is 14.5 Å². The van der Waals surface area contributed by atoms with Crippen LogP contribution in [0.1, 0.15) is 44.9 Å². The van der Waals surface area contributed by atoms with Gasteiger partial charge in [-0.05, 0) is 44.9 Å². The molecule has 6 nitrogen and oxygen atoms in total. The lowest BCUT2D eigenvalue weighted by Gasteiger charge is -2.35. The molecule has 0 aromatic rings. The van der Waals surface area contributed by atoms with Crippen LogP contribution >= 0.6 is 0 Å². The second-order valence-corrected chi connectivity index (χ2v) is 7.31. The molecule has 2 fully saturated rings. The highest BCUT2D eigenvalue weighted by atomic mass is 16.5. The highest BCUT2D eigenvalue weighted by Gasteiger charge is 2.30. The van der Waals surface area contributed by atoms with Crippen molar-refractivity contribution in [2.24, 2.45) is 0 Å². The van der Waals surface area contributed by atoms with Crippen molar-refractivity contribution in [3.8, 4) is 0 Å². The Labute approximate surface area is 150 Å². The van der Waals surface area contributed by atoms with Gasteiger partial charge in [-0.15, -0.1) is 0 Å². The van der Waals surface area contributed by atoms with Crippen molar-refractivity contribution in [1.82, 2.24) is 15.1 Å². The largest absolute Gasteiger partial charge is 0.368 e. The average Bonchev–Trinajstić information content (AvgIpc) is 3.17. The molecule has 3 rings (SSSR count). The number of hydrogen-bond donors (Lipinski definition) is 1. The minimum absolute atomic E-state index is 0.0929. The van der Waals surface area contributed by atoms with Gasteiger partial charge in [0.15, 0.2) is 0 Å². The zero-order valence-electron chi connectivity index (χ0n) is 15.2. The quantitative estimate of drug-likeness (QED) is 0.735. The number of piperazine rings is 1. The fourth-order valence-corrected chi connectivity index (χ4v) is 3.86. The van der Waals surface area contributed by atoms with Gasteiger partial charge in [0.05, 0.1) is 6.54 Å². The summed E-state index contributed by atoms with van der Waals surface area (Å²) in [6.45, 7) is 4.78. The maximum Gasteiger partial charge on any atom is 0.251 e. The van der Waals surface area contributed by atoms with Gasteiger partial charge in [0.1, 0.15) is 6.10 Å². The first-order valence-corrected chi connectivity index (χ1v) is 9.80. The van der Waals surface area contributed by atoms with Crippen LogP contribution in [0.4, 0.5) is 0 Å². The highest BCUT2D eigenvalue weighted by molar-refractivity contribution is 5.81. The van der Waals surface area contributed by atoms with Crippen LogP contribution in [-0.4, -0.2) is 73.6 Å². The summed E-state index contributed by atoms with van der Waals surface area (Å²) in [5.74, 6) is 0.220. The Morgan fingerprint density at radius 3 is 2.68 bits per heavy atom. The van der Waals surface area contributed by atoms with Gasteiger partial charge in [-0.2, -0.15) is 0 Å². The summed E-state index contributed by atoms with van der Waals surface area (Å²) < 4.78 is 5.48. The number of nitrogens with one attached hydrogen (secondary N) is 1. The van der Waals surface area contributed by atoms with E-state index in [1.165, 1.54) is 31.3 Å². The van der Waals surface area contributed by atoms with Crippen molar-refractivity contribution in [2.45, 2.75) is 51.0 Å². The van der Waals surface area contributed by atoms with E-state index in [4.69, 9.17) is 4.74 Å². The third-order valence-corrected chi connectivity index (χ3v) is 5.41. The van der Waals surface area contributed by atoms with E-state index in [0.717, 1.165) is 38.9 Å². The Morgan fingerprint density at radius 1 is 1.16 bits per heavy atom. The summed E-state index contributed by atoms with van der Waals surface area (Å²) in [4.78, 5) is 28.4. The molecule has 140 valence electrons. The molecule has 0 radical (unpaired) electrons. The van der Waals surface area contributed by atoms with Gasteiger partial charge < -0.3 is 15.0 Å². The van der Waals surface area contributed by atoms with Gasteiger partial charge in [0.2, 0.25) is 5.91 Å². The van der Waals surface area contributed by atoms with E-state index < -0.39 is 0 Å². The molecular formula is C19H31N3O3. The van der Waals surface area contributed by atoms with Crippen molar-refractivity contribution in [3.05, 3.63) is 11.6 Å². The third kappa shape index (κ3) is 5.54. The first-order chi connectivity index (χ1) is 12.2. The molecule has 1 N–H and O–H groups in total. The lowest BCUT2D eigenvalue weighted by molar-refractivity contribution is -0.142. The zero-order chi connectivity index (χ0) is 17.5. The van der Waals surface area contributed by atoms with E-state index in [0.29, 0.717) is 26.2 Å². The van der Waals surface area contributed by atoms with Crippen LogP contribution < -0.4 is 5.32 Å². The molecule has 1 unspecified atom stereocenters. The predicted molar refractivity (Wildman–Crippen MR) is 96.2 cm³/mol. The molecule has 1 aliphatic carbocycles. The topological polar surface area (TPSA) is 61.9 Å². The number of allylic oxidation sites excluding steroid dienone is 1. The van der Waals surface area contributed by atoms with Crippen molar-refractivity contribution >= 4 is 11.8 Å². The zero-order valence-corrected chi connectivity index (χ0v) is 15.2. The maximum absolute atomic E-state index is 12.3. The molecule has 0 aromatic heterocycles. The SMILES string of the molecule is O=C(CN1CCN(C(=O)C2CCCO2)CC1)NCCC1=CCCCC1. The molecular weight excluding hydrogens is 318 g/mol. The van der Waals surface area contributed by atoms with Crippen LogP contribution in [-0.2, 0) is 14.3 Å². The average molecular weight is 349 g/mol. The number of nitrogens with zero attached hydrogens (tertiary/aromatic N) is 2. The van der Waals surface area contributed by atoms with Gasteiger partial charge in [0, 0.05) is 39.3 Å². The molecule has 0 bridgehead atoms. The van der Waals surface area contributed by atoms with E-state index in [9.17, 15) is 9.59 Å². The van der Waals surface area contributed by atoms with Crippen LogP contribution in [0.15, 0.2) is 11.6 Å². The Balaban J connectivity index is 1.30. The van der Waals surface area contributed by atoms with Crippen molar-refractivity contribution in [1.29, 1.82) is 0 Å². The summed E-state index contributed by atoms with van der Waals surface area (Å²) in [7, 11) is 0. The predicted octanol–water partition coefficient (Wildman–Crippen LogP) is 1.32. The molecule has 6 heteroatoms. The fraction of sp³-hybridized carbons (Fsp3) is 0.789. The maximum atomic E-state index is 12.3. The van der Waals surface area contributed by atoms with Gasteiger partial charge in [-0.25, -0.2) is 0 Å². The molecule has 2 saturated heterocycles. The standard InChI is InChI=1S/C19H31N3O3/c23-18(20-9-8-16-5-2-1-3-6-16)15-21-10-12-22(13-11-21)19(24)17-7-4-14-25-17/h5,17H,1-4,6-15H2,(H,20,23). The molecule has 0 spiro atoms. The molecule has 0 aromatic carbocycles. The lowest BCUT2D eigenvalue weighted by atomic mass is 9.97. The minimum Gasteiger partial charge on any atom is -0.368 e. The molecule has 1 atom stereocenters. The number of ether oxygens (including phenoxy) is 1. The van der Waals surface area contributed by atoms with Crippen molar-refractivity contribution in [3.63, 3.8) is 0 Å². The number of amides is 2. The van der Waals surface area contributed by atoms with Crippen LogP contribution in [0.5, 0.6) is 0 Å². The van der Waals surface area contributed by atoms with Crippen LogP contribution in [0.2, 0.25) is 0 Å². The Morgan fingerprint density at radius 2 is 2.00 bits per heavy atom. The Kier molecular flexibility index (Phi) is 6.87. The first kappa shape index (κ1) is 18.4. The van der Waals surface area contributed by atoms with Gasteiger partial charge in [-0.1, -0.05) is 11.6 Å². The minimum atomic E-state index is -0.232. The Bertz CT molecular complexity index is 492. The lowest BCUT2D eigenvalue weighted by Crippen LogP contribution is -2.53. The summed E-state index contributed by atoms with van der Waals surface area (Å²) >= 11 is 0. The van der Waals surface area contributed by atoms with Gasteiger partial charge in [0.25, 0.3) is 5.91 Å². The molecule has 2 aliphatic heterocycles. The van der Waals surface area contributed by atoms with E-state index in [-0.39, 0.29) is 17.9 Å². The van der Waals surface area contributed by atoms with E-state index in [2.05, 4.69) is 16.3 Å². The number of rotatable bonds is 6. The molecule has 25 heavy (non-hydrogen) atoms. The summed E-state index contributed by atoms with van der Waals surface area (Å²) in [6, 6.07) is 0. The molecule has 2 amide bonds. The van der Waals surface area contributed by atoms with E-state index >= 15 is 0 Å². The fourth-order valence-electron chi connectivity index (χ4n) is 3.86. The first-order valence-electron chi connectivity index (χ1n) is 9.80. The number of hydrogen-bond acceptors (Lipinski definition) is 4. The molecule has 0 saturated carbocycles. The van der Waals surface area contributed by atoms with Crippen LogP contribution in [0.3, 0.4) is 0 Å². The second-order valence-electron chi connectivity index (χ2n) is 7.31. The Hall–Kier alpha value is -1.40. The van der Waals surface area contributed by atoms with E-state index in [1.807, 2.05) is 4.90 Å². The summed E-state index contributed by atoms with van der Waals surface area (Å²) in [5.41, 5.74) is 1.49. The third-order valence-electron chi connectivity index (χ3n) is 5.41. The number of carbonyl (C=O) groups excluding carboxylic acids is 2. The normalized spacial score (nSPS) is 24.9. The van der Waals surface area contributed by atoms with Gasteiger partial charge >= 0.3 is 0 Å². The highest BCUT2D eigenvalue weighted by Crippen LogP contribution is 2.19. The van der Waals surface area contributed by atoms with Crippen molar-refractivity contribution < 1.29 is 14.3 Å². The monoisotopic (exact) mass is 349 g/mol. The summed E-state index contributed by atoms with van der Waals surface area (Å²) in [5, 5.41) is 3.03. The molecule has 3 aliphatic rings. The number of carbonyl (C=O) groups is 2. The van der Waals surface area contributed by atoms with Crippen LogP contribution in [0.25, 0.3) is 0 Å². The summed E-state index contributed by atoms with van der Waals surface area (Å²) in [6.07, 6.45) is 9.88. The van der Waals surface area contributed by atoms with Crippen molar-refractivity contribution in [2.75, 3.05) is 45.9 Å². The smallest absolute Gasteiger partial charge is 0.251 e. The van der Waals surface area contributed by atoms with Crippen LogP contribution in [0, 0.1) is 0 Å².